The quantitative estimate of drug-likeness (QED) is 0.202. The van der Waals surface area contributed by atoms with Gasteiger partial charge in [-0.15, -0.1) is 0 Å². The predicted octanol–water partition coefficient (Wildman–Crippen LogP) is 2.66. The minimum Gasteiger partial charge on any atom is -0.354 e. The number of rotatable bonds is 12. The van der Waals surface area contributed by atoms with Crippen LogP contribution in [0.3, 0.4) is 0 Å². The van der Waals surface area contributed by atoms with Gasteiger partial charge in [0.15, 0.2) is 0 Å². The molecule has 0 spiro atoms. The van der Waals surface area contributed by atoms with Crippen molar-refractivity contribution in [2.24, 2.45) is 16.4 Å². The maximum absolute atomic E-state index is 12.4. The molecule has 0 aromatic heterocycles. The number of carbonyl (C=O) groups is 3. The summed E-state index contributed by atoms with van der Waals surface area (Å²) in [5.74, 6) is -0.921. The molecule has 0 aromatic rings. The minimum atomic E-state index is -0.725. The molecule has 0 heterocycles. The second-order valence-corrected chi connectivity index (χ2v) is 8.34. The Hall–Kier alpha value is -2.28. The Bertz CT molecular complexity index is 565. The van der Waals surface area contributed by atoms with Crippen molar-refractivity contribution in [2.45, 2.75) is 79.3 Å². The van der Waals surface area contributed by atoms with Gasteiger partial charge in [-0.05, 0) is 31.2 Å². The number of nitrogens with one attached hydrogen (secondary N) is 3. The Morgan fingerprint density at radius 2 is 1.57 bits per heavy atom. The van der Waals surface area contributed by atoms with E-state index in [1.807, 2.05) is 13.8 Å². The molecule has 2 atom stereocenters. The van der Waals surface area contributed by atoms with Crippen molar-refractivity contribution in [1.29, 1.82) is 0 Å². The molecule has 0 rings (SSSR count). The fourth-order valence-electron chi connectivity index (χ4n) is 2.32. The molecule has 0 saturated carbocycles. The van der Waals surface area contributed by atoms with Crippen LogP contribution in [0.5, 0.6) is 0 Å². The van der Waals surface area contributed by atoms with Crippen molar-refractivity contribution >= 4 is 17.7 Å². The van der Waals surface area contributed by atoms with Gasteiger partial charge in [0.05, 0.1) is 0 Å². The summed E-state index contributed by atoms with van der Waals surface area (Å²) in [7, 11) is 0. The fraction of sp³-hybridized carbons (Fsp3) is 0.842. The lowest BCUT2D eigenvalue weighted by molar-refractivity contribution is -0.134. The number of amides is 3. The van der Waals surface area contributed by atoms with Crippen LogP contribution in [0.1, 0.15) is 67.2 Å². The molecule has 9 heteroatoms. The van der Waals surface area contributed by atoms with Gasteiger partial charge >= 0.3 is 0 Å². The van der Waals surface area contributed by atoms with E-state index in [2.05, 4.69) is 26.0 Å². The van der Waals surface area contributed by atoms with Gasteiger partial charge in [-0.1, -0.05) is 52.6 Å². The fourth-order valence-corrected chi connectivity index (χ4v) is 2.32. The molecule has 0 aliphatic carbocycles. The molecule has 28 heavy (non-hydrogen) atoms. The van der Waals surface area contributed by atoms with E-state index >= 15 is 0 Å². The summed E-state index contributed by atoms with van der Waals surface area (Å²) in [6.07, 6.45) is 3.51. The number of carbonyl (C=O) groups excluding carboxylic acids is 3. The molecule has 9 nitrogen and oxygen atoms in total. The van der Waals surface area contributed by atoms with E-state index < -0.39 is 17.5 Å². The zero-order valence-corrected chi connectivity index (χ0v) is 18.0. The predicted molar refractivity (Wildman–Crippen MR) is 109 cm³/mol. The summed E-state index contributed by atoms with van der Waals surface area (Å²) >= 11 is 0. The normalized spacial score (nSPS) is 13.2. The standard InChI is InChI=1S/C19H36N6O3/c1-13(2)15(17(27)21-11-9-7-8-10-12-22-25-20)24-16(26)14(3)23-18(28)19(4,5)6/h13-15H,7-12H2,1-6H3,(H,21,27)(H,23,28)(H,24,26)/t14-,15-/m1/s1. The molecule has 0 aliphatic rings. The van der Waals surface area contributed by atoms with Gasteiger partial charge in [-0.2, -0.15) is 0 Å². The lowest BCUT2D eigenvalue weighted by Gasteiger charge is -2.25. The zero-order chi connectivity index (χ0) is 21.7. The zero-order valence-electron chi connectivity index (χ0n) is 18.0. The molecule has 0 fully saturated rings. The lowest BCUT2D eigenvalue weighted by atomic mass is 9.95. The van der Waals surface area contributed by atoms with E-state index in [9.17, 15) is 14.4 Å². The molecular weight excluding hydrogens is 360 g/mol. The molecule has 0 unspecified atom stereocenters. The molecule has 0 saturated heterocycles. The van der Waals surface area contributed by atoms with Crippen LogP contribution < -0.4 is 16.0 Å². The van der Waals surface area contributed by atoms with Crippen molar-refractivity contribution in [2.75, 3.05) is 13.1 Å². The van der Waals surface area contributed by atoms with Crippen LogP contribution in [0.25, 0.3) is 10.4 Å². The highest BCUT2D eigenvalue weighted by molar-refractivity contribution is 5.92. The van der Waals surface area contributed by atoms with Crippen LogP contribution >= 0.6 is 0 Å². The second kappa shape index (κ2) is 13.0. The Morgan fingerprint density at radius 1 is 0.964 bits per heavy atom. The third-order valence-electron chi connectivity index (χ3n) is 4.22. The maximum atomic E-state index is 12.4. The van der Waals surface area contributed by atoms with Gasteiger partial charge in [0.1, 0.15) is 12.1 Å². The first-order chi connectivity index (χ1) is 13.0. The van der Waals surface area contributed by atoms with E-state index in [1.54, 1.807) is 27.7 Å². The molecule has 160 valence electrons. The number of hydrogen-bond acceptors (Lipinski definition) is 4. The topological polar surface area (TPSA) is 136 Å². The average Bonchev–Trinajstić information content (AvgIpc) is 2.60. The third kappa shape index (κ3) is 10.8. The first-order valence-electron chi connectivity index (χ1n) is 9.90. The van der Waals surface area contributed by atoms with Crippen molar-refractivity contribution in [3.63, 3.8) is 0 Å². The van der Waals surface area contributed by atoms with Gasteiger partial charge in [0.25, 0.3) is 0 Å². The summed E-state index contributed by atoms with van der Waals surface area (Å²) < 4.78 is 0. The minimum absolute atomic E-state index is 0.0849. The number of azide groups is 1. The monoisotopic (exact) mass is 396 g/mol. The molecule has 0 radical (unpaired) electrons. The van der Waals surface area contributed by atoms with Crippen LogP contribution in [0.4, 0.5) is 0 Å². The SMILES string of the molecule is CC(C)[C@@H](NC(=O)[C@@H](C)NC(=O)C(C)(C)C)C(=O)NCCCCCCN=[N+]=[N-]. The van der Waals surface area contributed by atoms with Crippen LogP contribution in [0.15, 0.2) is 5.11 Å². The Balaban J connectivity index is 4.41. The summed E-state index contributed by atoms with van der Waals surface area (Å²) in [5, 5.41) is 11.7. The molecule has 0 bridgehead atoms. The number of unbranched alkanes of at least 4 members (excludes halogenated alkanes) is 3. The van der Waals surface area contributed by atoms with Crippen LogP contribution in [-0.4, -0.2) is 42.9 Å². The highest BCUT2D eigenvalue weighted by atomic mass is 16.2. The summed E-state index contributed by atoms with van der Waals surface area (Å²) in [4.78, 5) is 39.5. The summed E-state index contributed by atoms with van der Waals surface area (Å²) in [6, 6.07) is -1.39. The maximum Gasteiger partial charge on any atom is 0.242 e. The molecule has 0 aliphatic heterocycles. The Morgan fingerprint density at radius 3 is 2.11 bits per heavy atom. The largest absolute Gasteiger partial charge is 0.354 e. The first-order valence-corrected chi connectivity index (χ1v) is 9.90. The summed E-state index contributed by atoms with van der Waals surface area (Å²) in [5.41, 5.74) is 7.61. The van der Waals surface area contributed by atoms with Gasteiger partial charge in [0, 0.05) is 23.4 Å². The van der Waals surface area contributed by atoms with Gasteiger partial charge in [-0.25, -0.2) is 0 Å². The lowest BCUT2D eigenvalue weighted by Crippen LogP contribution is -2.55. The van der Waals surface area contributed by atoms with Gasteiger partial charge in [0.2, 0.25) is 17.7 Å². The highest BCUT2D eigenvalue weighted by Gasteiger charge is 2.29. The van der Waals surface area contributed by atoms with E-state index in [4.69, 9.17) is 5.53 Å². The Kier molecular flexibility index (Phi) is 11.9. The average molecular weight is 397 g/mol. The molecular formula is C19H36N6O3. The van der Waals surface area contributed by atoms with Crippen molar-refractivity contribution in [3.8, 4) is 0 Å². The van der Waals surface area contributed by atoms with E-state index in [0.29, 0.717) is 13.1 Å². The van der Waals surface area contributed by atoms with E-state index in [1.165, 1.54) is 0 Å². The number of nitrogens with zero attached hydrogens (tertiary/aromatic N) is 3. The molecule has 3 amide bonds. The number of hydrogen-bond donors (Lipinski definition) is 3. The van der Waals surface area contributed by atoms with Crippen LogP contribution in [0.2, 0.25) is 0 Å². The summed E-state index contributed by atoms with van der Waals surface area (Å²) in [6.45, 7) is 11.7. The van der Waals surface area contributed by atoms with Crippen molar-refractivity contribution < 1.29 is 14.4 Å². The molecule has 3 N–H and O–H groups in total. The van der Waals surface area contributed by atoms with Crippen molar-refractivity contribution in [3.05, 3.63) is 10.4 Å². The Labute approximate surface area is 168 Å². The highest BCUT2D eigenvalue weighted by Crippen LogP contribution is 2.13. The molecule has 0 aromatic carbocycles. The second-order valence-electron chi connectivity index (χ2n) is 8.34. The third-order valence-corrected chi connectivity index (χ3v) is 4.22. The smallest absolute Gasteiger partial charge is 0.242 e. The van der Waals surface area contributed by atoms with E-state index in [-0.39, 0.29) is 23.6 Å². The van der Waals surface area contributed by atoms with Crippen molar-refractivity contribution in [1.82, 2.24) is 16.0 Å². The van der Waals surface area contributed by atoms with E-state index in [0.717, 1.165) is 25.7 Å². The van der Waals surface area contributed by atoms with Gasteiger partial charge < -0.3 is 16.0 Å². The van der Waals surface area contributed by atoms with Gasteiger partial charge in [-0.3, -0.25) is 14.4 Å². The first kappa shape index (κ1) is 25.7. The van der Waals surface area contributed by atoms with Crippen LogP contribution in [0, 0.1) is 11.3 Å². The van der Waals surface area contributed by atoms with Crippen LogP contribution in [-0.2, 0) is 14.4 Å².